The molecule has 4 nitrogen and oxygen atoms in total. The number of ketones is 1. The van der Waals surface area contributed by atoms with Gasteiger partial charge in [-0.05, 0) is 17.7 Å². The summed E-state index contributed by atoms with van der Waals surface area (Å²) in [4.78, 5) is 12.8. The van der Waals surface area contributed by atoms with Gasteiger partial charge >= 0.3 is 0 Å². The Morgan fingerprint density at radius 3 is 2.33 bits per heavy atom. The summed E-state index contributed by atoms with van der Waals surface area (Å²) in [5, 5.41) is 8.56. The van der Waals surface area contributed by atoms with Crippen LogP contribution in [0.5, 0.6) is 0 Å². The molecule has 4 aromatic rings. The number of aromatic nitrogens is 3. The number of Topliss-reactive ketones (excluding diaryl/α,β-unsaturated/α-hetero) is 1. The van der Waals surface area contributed by atoms with Gasteiger partial charge in [0.15, 0.2) is 5.78 Å². The van der Waals surface area contributed by atoms with Crippen LogP contribution < -0.4 is 0 Å². The highest BCUT2D eigenvalue weighted by Gasteiger charge is 2.18. The molecule has 0 aliphatic heterocycles. The highest BCUT2D eigenvalue weighted by Crippen LogP contribution is 2.22. The summed E-state index contributed by atoms with van der Waals surface area (Å²) in [6, 6.07) is 27.0. The van der Waals surface area contributed by atoms with E-state index >= 15 is 0 Å². The van der Waals surface area contributed by atoms with E-state index in [-0.39, 0.29) is 11.8 Å². The summed E-state index contributed by atoms with van der Waals surface area (Å²) in [6.45, 7) is 0. The van der Waals surface area contributed by atoms with E-state index < -0.39 is 0 Å². The first-order valence-corrected chi connectivity index (χ1v) is 8.93. The average molecular weight is 353 g/mol. The molecule has 0 saturated carbocycles. The van der Waals surface area contributed by atoms with Gasteiger partial charge in [-0.25, -0.2) is 4.68 Å². The molecule has 4 heteroatoms. The average Bonchev–Trinajstić information content (AvgIpc) is 3.16. The van der Waals surface area contributed by atoms with E-state index in [1.807, 2.05) is 102 Å². The van der Waals surface area contributed by atoms with Gasteiger partial charge in [0.1, 0.15) is 5.52 Å². The fourth-order valence-corrected chi connectivity index (χ4v) is 3.09. The van der Waals surface area contributed by atoms with E-state index in [2.05, 4.69) is 10.3 Å². The summed E-state index contributed by atoms with van der Waals surface area (Å²) in [5.74, 6) is 0.0814. The zero-order valence-electron chi connectivity index (χ0n) is 14.8. The summed E-state index contributed by atoms with van der Waals surface area (Å²) in [6.07, 6.45) is 4.37. The van der Waals surface area contributed by atoms with Crippen LogP contribution >= 0.6 is 0 Å². The molecule has 0 saturated heterocycles. The first kappa shape index (κ1) is 16.9. The zero-order chi connectivity index (χ0) is 18.5. The van der Waals surface area contributed by atoms with E-state index in [1.54, 1.807) is 0 Å². The number of fused-ring (bicyclic) bond motifs is 1. The normalized spacial score (nSPS) is 12.4. The number of rotatable bonds is 6. The molecule has 0 bridgehead atoms. The molecular weight excluding hydrogens is 334 g/mol. The molecular formula is C23H19N3O. The summed E-state index contributed by atoms with van der Waals surface area (Å²) in [7, 11) is 0. The Morgan fingerprint density at radius 2 is 1.56 bits per heavy atom. The topological polar surface area (TPSA) is 47.8 Å². The molecule has 132 valence electrons. The van der Waals surface area contributed by atoms with E-state index in [0.717, 1.165) is 16.6 Å². The first-order chi connectivity index (χ1) is 13.3. The van der Waals surface area contributed by atoms with E-state index in [0.29, 0.717) is 12.0 Å². The molecule has 0 fully saturated rings. The smallest absolute Gasteiger partial charge is 0.165 e. The van der Waals surface area contributed by atoms with Crippen molar-refractivity contribution in [2.24, 2.45) is 0 Å². The van der Waals surface area contributed by atoms with Crippen LogP contribution in [0.15, 0.2) is 91.0 Å². The van der Waals surface area contributed by atoms with Gasteiger partial charge in [0, 0.05) is 12.0 Å². The molecule has 0 radical (unpaired) electrons. The van der Waals surface area contributed by atoms with Crippen LogP contribution in [0, 0.1) is 0 Å². The summed E-state index contributed by atoms with van der Waals surface area (Å²) >= 11 is 0. The maximum atomic E-state index is 12.8. The number of allylic oxidation sites excluding steroid dienone is 1. The van der Waals surface area contributed by atoms with Crippen molar-refractivity contribution in [3.05, 3.63) is 102 Å². The number of para-hydroxylation sites is 1. The van der Waals surface area contributed by atoms with Crippen molar-refractivity contribution in [2.75, 3.05) is 0 Å². The van der Waals surface area contributed by atoms with Crippen LogP contribution in [0.3, 0.4) is 0 Å². The van der Waals surface area contributed by atoms with Crippen molar-refractivity contribution in [2.45, 2.75) is 12.5 Å². The number of hydrogen-bond acceptors (Lipinski definition) is 3. The van der Waals surface area contributed by atoms with Gasteiger partial charge in [0.05, 0.1) is 11.6 Å². The molecule has 1 unspecified atom stereocenters. The van der Waals surface area contributed by atoms with Crippen molar-refractivity contribution in [3.8, 4) is 0 Å². The monoisotopic (exact) mass is 353 g/mol. The molecule has 27 heavy (non-hydrogen) atoms. The Labute approximate surface area is 157 Å². The first-order valence-electron chi connectivity index (χ1n) is 8.93. The van der Waals surface area contributed by atoms with E-state index in [4.69, 9.17) is 0 Å². The van der Waals surface area contributed by atoms with E-state index in [9.17, 15) is 4.79 Å². The Bertz CT molecular complexity index is 1070. The number of hydrogen-bond donors (Lipinski definition) is 0. The minimum Gasteiger partial charge on any atom is -0.294 e. The van der Waals surface area contributed by atoms with Crippen LogP contribution in [0.1, 0.15) is 28.4 Å². The van der Waals surface area contributed by atoms with E-state index in [1.165, 1.54) is 0 Å². The Morgan fingerprint density at radius 1 is 0.889 bits per heavy atom. The molecule has 0 N–H and O–H groups in total. The standard InChI is InChI=1S/C23H19N3O/c27-23(19-11-5-2-6-12-19)17-20(16-15-18-9-3-1-4-10-18)26-22-14-8-7-13-21(22)24-25-26/h1-16,20H,17H2/b16-15+. The predicted octanol–water partition coefficient (Wildman–Crippen LogP) is 4.96. The predicted molar refractivity (Wildman–Crippen MR) is 107 cm³/mol. The second-order valence-corrected chi connectivity index (χ2v) is 6.35. The van der Waals surface area contributed by atoms with Crippen molar-refractivity contribution in [3.63, 3.8) is 0 Å². The van der Waals surface area contributed by atoms with Crippen molar-refractivity contribution >= 4 is 22.9 Å². The quantitative estimate of drug-likeness (QED) is 0.460. The van der Waals surface area contributed by atoms with Gasteiger partial charge in [-0.1, -0.05) is 90.2 Å². The second kappa shape index (κ2) is 7.79. The molecule has 1 aromatic heterocycles. The molecule has 1 heterocycles. The number of carbonyl (C=O) groups is 1. The minimum absolute atomic E-state index is 0.0814. The van der Waals surface area contributed by atoms with Gasteiger partial charge in [-0.2, -0.15) is 0 Å². The summed E-state index contributed by atoms with van der Waals surface area (Å²) < 4.78 is 1.83. The maximum absolute atomic E-state index is 12.8. The number of benzene rings is 3. The number of carbonyl (C=O) groups excluding carboxylic acids is 1. The Kier molecular flexibility index (Phi) is 4.88. The molecule has 0 spiro atoms. The molecule has 3 aromatic carbocycles. The largest absolute Gasteiger partial charge is 0.294 e. The molecule has 4 rings (SSSR count). The highest BCUT2D eigenvalue weighted by atomic mass is 16.1. The SMILES string of the molecule is O=C(CC(/C=C/c1ccccc1)n1nnc2ccccc21)c1ccccc1. The van der Waals surface area contributed by atoms with Gasteiger partial charge < -0.3 is 0 Å². The molecule has 1 atom stereocenters. The lowest BCUT2D eigenvalue weighted by Gasteiger charge is -2.13. The molecule has 0 aliphatic carbocycles. The lowest BCUT2D eigenvalue weighted by molar-refractivity contribution is 0.0969. The van der Waals surface area contributed by atoms with Crippen LogP contribution in [-0.4, -0.2) is 20.8 Å². The zero-order valence-corrected chi connectivity index (χ0v) is 14.8. The van der Waals surface area contributed by atoms with Crippen LogP contribution in [0.25, 0.3) is 17.1 Å². The highest BCUT2D eigenvalue weighted by molar-refractivity contribution is 5.96. The Hall–Kier alpha value is -3.53. The fourth-order valence-electron chi connectivity index (χ4n) is 3.09. The van der Waals surface area contributed by atoms with Crippen LogP contribution in [0.4, 0.5) is 0 Å². The third-order valence-corrected chi connectivity index (χ3v) is 4.49. The molecule has 0 aliphatic rings. The van der Waals surface area contributed by atoms with Crippen LogP contribution in [-0.2, 0) is 0 Å². The van der Waals surface area contributed by atoms with Gasteiger partial charge in [0.25, 0.3) is 0 Å². The van der Waals surface area contributed by atoms with Crippen molar-refractivity contribution < 1.29 is 4.79 Å². The summed E-state index contributed by atoms with van der Waals surface area (Å²) in [5.41, 5.74) is 3.53. The second-order valence-electron chi connectivity index (χ2n) is 6.35. The third-order valence-electron chi connectivity index (χ3n) is 4.49. The lowest BCUT2D eigenvalue weighted by atomic mass is 10.0. The lowest BCUT2D eigenvalue weighted by Crippen LogP contribution is -2.14. The van der Waals surface area contributed by atoms with Gasteiger partial charge in [0.2, 0.25) is 0 Å². The third kappa shape index (κ3) is 3.85. The molecule has 0 amide bonds. The van der Waals surface area contributed by atoms with Crippen molar-refractivity contribution in [1.29, 1.82) is 0 Å². The van der Waals surface area contributed by atoms with Crippen LogP contribution in [0.2, 0.25) is 0 Å². The van der Waals surface area contributed by atoms with Gasteiger partial charge in [-0.15, -0.1) is 5.10 Å². The van der Waals surface area contributed by atoms with Gasteiger partial charge in [-0.3, -0.25) is 4.79 Å². The minimum atomic E-state index is -0.217. The number of nitrogens with zero attached hydrogens (tertiary/aromatic N) is 3. The maximum Gasteiger partial charge on any atom is 0.165 e. The fraction of sp³-hybridized carbons (Fsp3) is 0.0870. The van der Waals surface area contributed by atoms with Crippen molar-refractivity contribution in [1.82, 2.24) is 15.0 Å². The Balaban J connectivity index is 1.69.